The van der Waals surface area contributed by atoms with Crippen molar-refractivity contribution in [2.75, 3.05) is 0 Å². The fraction of sp³-hybridized carbons (Fsp3) is 0.714. The molecule has 2 fully saturated rings. The maximum absolute atomic E-state index is 12.4. The highest BCUT2D eigenvalue weighted by atomic mass is 16.1. The Balaban J connectivity index is 1.89. The molecular formula is C28H44N2O2. The van der Waals surface area contributed by atoms with Crippen LogP contribution in [-0.4, -0.2) is 11.8 Å². The molecule has 178 valence electrons. The van der Waals surface area contributed by atoms with Gasteiger partial charge in [-0.1, -0.05) is 46.6 Å². The number of hydrogen-bond donors (Lipinski definition) is 2. The summed E-state index contributed by atoms with van der Waals surface area (Å²) in [4.78, 5) is 24.7. The van der Waals surface area contributed by atoms with Crippen LogP contribution in [0.15, 0.2) is 12.1 Å². The van der Waals surface area contributed by atoms with Crippen LogP contribution in [0.1, 0.15) is 136 Å². The van der Waals surface area contributed by atoms with Crippen molar-refractivity contribution in [3.63, 3.8) is 0 Å². The third kappa shape index (κ3) is 5.38. The first-order valence-electron chi connectivity index (χ1n) is 13.0. The first-order valence-corrected chi connectivity index (χ1v) is 13.0. The van der Waals surface area contributed by atoms with E-state index in [1.807, 2.05) is 0 Å². The van der Waals surface area contributed by atoms with Crippen LogP contribution in [0.2, 0.25) is 0 Å². The molecule has 4 nitrogen and oxygen atoms in total. The number of carbonyl (C=O) groups excluding carboxylic acids is 2. The third-order valence-corrected chi connectivity index (χ3v) is 9.07. The first kappa shape index (κ1) is 24.8. The van der Waals surface area contributed by atoms with Gasteiger partial charge >= 0.3 is 0 Å². The molecule has 32 heavy (non-hydrogen) atoms. The molecule has 2 amide bonds. The Morgan fingerprint density at radius 3 is 1.34 bits per heavy atom. The number of amides is 2. The zero-order chi connectivity index (χ0) is 23.4. The summed E-state index contributed by atoms with van der Waals surface area (Å²) in [6, 6.07) is 3.87. The molecule has 2 saturated carbocycles. The highest BCUT2D eigenvalue weighted by Crippen LogP contribution is 2.44. The maximum atomic E-state index is 12.4. The average molecular weight is 441 g/mol. The molecule has 3 rings (SSSR count). The molecule has 0 spiro atoms. The standard InChI is InChI=1S/C28H44N2O2/c1-5-17(3)19-7-11-21(12-8-19)23-15-24(26(28(30)32)16-25(23)27(29)31)22-13-9-20(10-14-22)18(4)6-2/h15-22H,5-14H2,1-4H3,(H2,29,31)(H2,30,32). The largest absolute Gasteiger partial charge is 0.366 e. The van der Waals surface area contributed by atoms with Gasteiger partial charge in [0.2, 0.25) is 11.8 Å². The lowest BCUT2D eigenvalue weighted by Gasteiger charge is -2.35. The summed E-state index contributed by atoms with van der Waals surface area (Å²) in [7, 11) is 0. The minimum atomic E-state index is -0.446. The van der Waals surface area contributed by atoms with Gasteiger partial charge in [0.15, 0.2) is 0 Å². The summed E-state index contributed by atoms with van der Waals surface area (Å²) in [6.07, 6.45) is 11.6. The summed E-state index contributed by atoms with van der Waals surface area (Å²) in [5.74, 6) is 2.84. The summed E-state index contributed by atoms with van der Waals surface area (Å²) >= 11 is 0. The molecule has 0 bridgehead atoms. The summed E-state index contributed by atoms with van der Waals surface area (Å²) < 4.78 is 0. The molecule has 2 aliphatic carbocycles. The van der Waals surface area contributed by atoms with Gasteiger partial charge in [0.1, 0.15) is 0 Å². The van der Waals surface area contributed by atoms with Crippen molar-refractivity contribution >= 4 is 11.8 Å². The highest BCUT2D eigenvalue weighted by molar-refractivity contribution is 6.00. The average Bonchev–Trinajstić information content (AvgIpc) is 2.82. The number of primary amides is 2. The van der Waals surface area contributed by atoms with E-state index in [-0.39, 0.29) is 0 Å². The van der Waals surface area contributed by atoms with Gasteiger partial charge in [-0.2, -0.15) is 0 Å². The number of nitrogens with two attached hydrogens (primary N) is 2. The van der Waals surface area contributed by atoms with E-state index in [1.165, 1.54) is 38.5 Å². The molecule has 0 radical (unpaired) electrons. The summed E-state index contributed by atoms with van der Waals surface area (Å²) in [5.41, 5.74) is 14.7. The molecule has 1 aromatic rings. The van der Waals surface area contributed by atoms with E-state index in [2.05, 4.69) is 33.8 Å². The molecule has 0 aromatic heterocycles. The van der Waals surface area contributed by atoms with E-state index in [1.54, 1.807) is 6.07 Å². The van der Waals surface area contributed by atoms with Crippen LogP contribution >= 0.6 is 0 Å². The van der Waals surface area contributed by atoms with Crippen molar-refractivity contribution in [1.82, 2.24) is 0 Å². The van der Waals surface area contributed by atoms with Crippen molar-refractivity contribution in [2.45, 2.75) is 104 Å². The van der Waals surface area contributed by atoms with Crippen LogP contribution in [0.5, 0.6) is 0 Å². The first-order chi connectivity index (χ1) is 15.3. The number of hydrogen-bond acceptors (Lipinski definition) is 2. The third-order valence-electron chi connectivity index (χ3n) is 9.07. The molecule has 0 saturated heterocycles. The van der Waals surface area contributed by atoms with Crippen molar-refractivity contribution in [3.05, 3.63) is 34.4 Å². The lowest BCUT2D eigenvalue weighted by Crippen LogP contribution is -2.25. The fourth-order valence-electron chi connectivity index (χ4n) is 6.40. The van der Waals surface area contributed by atoms with E-state index >= 15 is 0 Å². The van der Waals surface area contributed by atoms with Crippen LogP contribution in [0, 0.1) is 23.7 Å². The quantitative estimate of drug-likeness (QED) is 0.482. The van der Waals surface area contributed by atoms with Crippen molar-refractivity contribution in [3.8, 4) is 0 Å². The Bertz CT molecular complexity index is 739. The van der Waals surface area contributed by atoms with E-state index < -0.39 is 11.8 Å². The van der Waals surface area contributed by atoms with Crippen LogP contribution in [0.3, 0.4) is 0 Å². The van der Waals surface area contributed by atoms with Crippen molar-refractivity contribution in [2.24, 2.45) is 35.1 Å². The normalized spacial score (nSPS) is 28.1. The predicted molar refractivity (Wildman–Crippen MR) is 132 cm³/mol. The predicted octanol–water partition coefficient (Wildman–Crippen LogP) is 6.52. The second kappa shape index (κ2) is 10.9. The van der Waals surface area contributed by atoms with Crippen LogP contribution in [0.25, 0.3) is 0 Å². The van der Waals surface area contributed by atoms with Gasteiger partial charge < -0.3 is 11.5 Å². The van der Waals surface area contributed by atoms with Gasteiger partial charge in [-0.25, -0.2) is 0 Å². The lowest BCUT2D eigenvalue weighted by atomic mass is 9.70. The van der Waals surface area contributed by atoms with Gasteiger partial charge in [0.05, 0.1) is 0 Å². The zero-order valence-corrected chi connectivity index (χ0v) is 20.7. The Hall–Kier alpha value is -1.84. The Labute approximate surface area is 194 Å². The van der Waals surface area contributed by atoms with Crippen molar-refractivity contribution in [1.29, 1.82) is 0 Å². The maximum Gasteiger partial charge on any atom is 0.249 e. The van der Waals surface area contributed by atoms with Crippen molar-refractivity contribution < 1.29 is 9.59 Å². The molecular weight excluding hydrogens is 396 g/mol. The van der Waals surface area contributed by atoms with E-state index in [9.17, 15) is 9.59 Å². The monoisotopic (exact) mass is 440 g/mol. The van der Waals surface area contributed by atoms with Gasteiger partial charge in [0, 0.05) is 11.1 Å². The highest BCUT2D eigenvalue weighted by Gasteiger charge is 2.32. The summed E-state index contributed by atoms with van der Waals surface area (Å²) in [6.45, 7) is 9.25. The summed E-state index contributed by atoms with van der Waals surface area (Å²) in [5, 5.41) is 0. The Morgan fingerprint density at radius 1 is 0.719 bits per heavy atom. The zero-order valence-electron chi connectivity index (χ0n) is 20.7. The van der Waals surface area contributed by atoms with E-state index in [0.29, 0.717) is 23.0 Å². The van der Waals surface area contributed by atoms with Crippen LogP contribution in [0.4, 0.5) is 0 Å². The minimum absolute atomic E-state index is 0.343. The van der Waals surface area contributed by atoms with Crippen LogP contribution in [-0.2, 0) is 0 Å². The molecule has 2 atom stereocenters. The molecule has 4 heteroatoms. The Kier molecular flexibility index (Phi) is 8.41. The van der Waals surface area contributed by atoms with Gasteiger partial charge in [0.25, 0.3) is 0 Å². The van der Waals surface area contributed by atoms with Crippen LogP contribution < -0.4 is 11.5 Å². The molecule has 2 aliphatic rings. The lowest BCUT2D eigenvalue weighted by molar-refractivity contribution is 0.0997. The molecule has 0 heterocycles. The number of benzene rings is 1. The SMILES string of the molecule is CCC(C)C1CCC(c2cc(C3CCC(C(C)CC)CC3)c(C(N)=O)cc2C(N)=O)CC1. The minimum Gasteiger partial charge on any atom is -0.366 e. The number of rotatable bonds is 8. The molecule has 4 N–H and O–H groups in total. The van der Waals surface area contributed by atoms with E-state index in [0.717, 1.165) is 60.5 Å². The smallest absolute Gasteiger partial charge is 0.249 e. The second-order valence-electron chi connectivity index (χ2n) is 10.7. The molecule has 0 aliphatic heterocycles. The number of carbonyl (C=O) groups is 2. The molecule has 1 aromatic carbocycles. The molecule has 2 unspecified atom stereocenters. The Morgan fingerprint density at radius 2 is 1.06 bits per heavy atom. The van der Waals surface area contributed by atoms with Gasteiger partial charge in [-0.15, -0.1) is 0 Å². The van der Waals surface area contributed by atoms with Gasteiger partial charge in [-0.3, -0.25) is 9.59 Å². The second-order valence-corrected chi connectivity index (χ2v) is 10.7. The topological polar surface area (TPSA) is 86.2 Å². The van der Waals surface area contributed by atoms with Gasteiger partial charge in [-0.05, 0) is 104 Å². The van der Waals surface area contributed by atoms with E-state index in [4.69, 9.17) is 11.5 Å². The fourth-order valence-corrected chi connectivity index (χ4v) is 6.40.